The third kappa shape index (κ3) is 3.51. The minimum atomic E-state index is -0.734. The lowest BCUT2D eigenvalue weighted by Gasteiger charge is -2.24. The van der Waals surface area contributed by atoms with E-state index in [1.54, 1.807) is 12.7 Å². The van der Waals surface area contributed by atoms with Crippen LogP contribution in [-0.2, 0) is 19.7 Å². The van der Waals surface area contributed by atoms with Gasteiger partial charge in [0.2, 0.25) is 0 Å². The molecule has 2 N–H and O–H groups in total. The van der Waals surface area contributed by atoms with Crippen LogP contribution < -0.4 is 5.73 Å². The average molecular weight is 460 g/mol. The van der Waals surface area contributed by atoms with Gasteiger partial charge in [0.05, 0.1) is 17.6 Å². The molecule has 0 amide bonds. The minimum absolute atomic E-state index is 0.328. The van der Waals surface area contributed by atoms with Crippen LogP contribution in [0, 0.1) is 18.8 Å². The maximum Gasteiger partial charge on any atom is 0.167 e. The van der Waals surface area contributed by atoms with Crippen LogP contribution >= 0.6 is 0 Å². The molecule has 1 saturated carbocycles. The first-order chi connectivity index (χ1) is 16.3. The van der Waals surface area contributed by atoms with Crippen LogP contribution in [0.3, 0.4) is 0 Å². The summed E-state index contributed by atoms with van der Waals surface area (Å²) < 4.78 is 20.9. The number of hydrogen-bond donors (Lipinski definition) is 1. The van der Waals surface area contributed by atoms with Crippen molar-refractivity contribution in [2.45, 2.75) is 82.3 Å². The SMILES string of the molecule is Cc1ccccc1C#C[C@H]1O[C@@H](n2cnc3c(C4(N)CCCC4)ncnc32)[C@@H]2OC(C)(C)O[C@@H]21. The lowest BCUT2D eigenvalue weighted by Crippen LogP contribution is -2.34. The second-order valence-electron chi connectivity index (χ2n) is 10.0. The van der Waals surface area contributed by atoms with Gasteiger partial charge in [-0.05, 0) is 45.2 Å². The molecule has 0 radical (unpaired) electrons. The zero-order valence-corrected chi connectivity index (χ0v) is 19.7. The minimum Gasteiger partial charge on any atom is -0.341 e. The fourth-order valence-electron chi connectivity index (χ4n) is 5.42. The van der Waals surface area contributed by atoms with Crippen molar-refractivity contribution in [3.8, 4) is 11.8 Å². The van der Waals surface area contributed by atoms with Gasteiger partial charge in [0.25, 0.3) is 0 Å². The topological polar surface area (TPSA) is 97.3 Å². The molecule has 4 atom stereocenters. The maximum absolute atomic E-state index is 6.73. The van der Waals surface area contributed by atoms with Crippen LogP contribution in [0.5, 0.6) is 0 Å². The Hall–Kier alpha value is -2.83. The molecular formula is C26H29N5O3. The van der Waals surface area contributed by atoms with Crippen molar-refractivity contribution >= 4 is 11.2 Å². The van der Waals surface area contributed by atoms with E-state index in [-0.39, 0.29) is 12.2 Å². The Labute approximate surface area is 198 Å². The van der Waals surface area contributed by atoms with Gasteiger partial charge in [0, 0.05) is 5.56 Å². The third-order valence-electron chi connectivity index (χ3n) is 7.12. The van der Waals surface area contributed by atoms with E-state index in [4.69, 9.17) is 19.9 Å². The van der Waals surface area contributed by atoms with E-state index >= 15 is 0 Å². The standard InChI is InChI=1S/C26H29N5O3/c1-16-8-4-5-9-17(16)10-11-18-20-21(34-25(2,3)33-20)24(32-18)31-15-30-19-22(28-14-29-23(19)31)26(27)12-6-7-13-26/h4-5,8-9,14-15,18,20-21,24H,6-7,12-13,27H2,1-3H3/t18-,20-,21-,24-/m1/s1. The van der Waals surface area contributed by atoms with Crippen molar-refractivity contribution in [1.82, 2.24) is 19.5 Å². The van der Waals surface area contributed by atoms with E-state index in [9.17, 15) is 0 Å². The van der Waals surface area contributed by atoms with Crippen molar-refractivity contribution in [3.63, 3.8) is 0 Å². The zero-order chi connectivity index (χ0) is 23.5. The summed E-state index contributed by atoms with van der Waals surface area (Å²) in [6, 6.07) is 8.05. The molecule has 0 unspecified atom stereocenters. The Morgan fingerprint density at radius 2 is 1.82 bits per heavy atom. The first kappa shape index (κ1) is 21.7. The number of nitrogens with two attached hydrogens (primary N) is 1. The van der Waals surface area contributed by atoms with Crippen LogP contribution in [0.2, 0.25) is 0 Å². The second-order valence-corrected chi connectivity index (χ2v) is 10.0. The van der Waals surface area contributed by atoms with E-state index in [1.165, 1.54) is 0 Å². The van der Waals surface area contributed by atoms with E-state index < -0.39 is 23.7 Å². The van der Waals surface area contributed by atoms with Crippen molar-refractivity contribution < 1.29 is 14.2 Å². The summed E-state index contributed by atoms with van der Waals surface area (Å²) in [5.74, 6) is 5.82. The summed E-state index contributed by atoms with van der Waals surface area (Å²) in [5, 5.41) is 0. The molecule has 2 saturated heterocycles. The molecule has 34 heavy (non-hydrogen) atoms. The molecule has 176 valence electrons. The molecule has 2 aromatic heterocycles. The third-order valence-corrected chi connectivity index (χ3v) is 7.12. The number of fused-ring (bicyclic) bond motifs is 2. The Morgan fingerprint density at radius 3 is 2.62 bits per heavy atom. The Balaban J connectivity index is 1.38. The molecule has 6 rings (SSSR count). The quantitative estimate of drug-likeness (QED) is 0.587. The predicted molar refractivity (Wildman–Crippen MR) is 125 cm³/mol. The van der Waals surface area contributed by atoms with Gasteiger partial charge in [-0.1, -0.05) is 42.9 Å². The Morgan fingerprint density at radius 1 is 1.06 bits per heavy atom. The van der Waals surface area contributed by atoms with Crippen LogP contribution in [-0.4, -0.2) is 43.6 Å². The monoisotopic (exact) mass is 459 g/mol. The summed E-state index contributed by atoms with van der Waals surface area (Å²) >= 11 is 0. The molecule has 3 fully saturated rings. The number of nitrogens with zero attached hydrogens (tertiary/aromatic N) is 4. The summed E-state index contributed by atoms with van der Waals surface area (Å²) in [7, 11) is 0. The van der Waals surface area contributed by atoms with E-state index in [0.717, 1.165) is 48.0 Å². The number of aromatic nitrogens is 4. The molecule has 3 aliphatic rings. The van der Waals surface area contributed by atoms with Gasteiger partial charge < -0.3 is 19.9 Å². The normalized spacial score (nSPS) is 29.2. The fourth-order valence-corrected chi connectivity index (χ4v) is 5.42. The second kappa shape index (κ2) is 7.85. The highest BCUT2D eigenvalue weighted by Crippen LogP contribution is 2.44. The number of hydrogen-bond acceptors (Lipinski definition) is 7. The molecular weight excluding hydrogens is 430 g/mol. The summed E-state index contributed by atoms with van der Waals surface area (Å²) in [6.07, 6.45) is 5.70. The van der Waals surface area contributed by atoms with Crippen LogP contribution in [0.25, 0.3) is 11.2 Å². The molecule has 8 heteroatoms. The Kier molecular flexibility index (Phi) is 5.01. The Bertz CT molecular complexity index is 1300. The molecule has 0 bridgehead atoms. The van der Waals surface area contributed by atoms with Crippen molar-refractivity contribution in [2.75, 3.05) is 0 Å². The number of aryl methyl sites for hydroxylation is 1. The molecule has 8 nitrogen and oxygen atoms in total. The lowest BCUT2D eigenvalue weighted by molar-refractivity contribution is -0.190. The first-order valence-corrected chi connectivity index (χ1v) is 11.9. The number of benzene rings is 1. The van der Waals surface area contributed by atoms with Gasteiger partial charge in [-0.3, -0.25) is 4.57 Å². The van der Waals surface area contributed by atoms with Gasteiger partial charge in [0.1, 0.15) is 30.2 Å². The smallest absolute Gasteiger partial charge is 0.167 e. The molecule has 1 aliphatic carbocycles. The van der Waals surface area contributed by atoms with Gasteiger partial charge in [-0.15, -0.1) is 0 Å². The van der Waals surface area contributed by atoms with Gasteiger partial charge >= 0.3 is 0 Å². The largest absolute Gasteiger partial charge is 0.341 e. The van der Waals surface area contributed by atoms with E-state index in [0.29, 0.717) is 5.65 Å². The highest BCUT2D eigenvalue weighted by atomic mass is 16.8. The van der Waals surface area contributed by atoms with Crippen molar-refractivity contribution in [3.05, 3.63) is 53.7 Å². The predicted octanol–water partition coefficient (Wildman–Crippen LogP) is 3.33. The average Bonchev–Trinajstić information content (AvgIpc) is 3.56. The molecule has 0 spiro atoms. The molecule has 1 aromatic carbocycles. The number of ether oxygens (including phenoxy) is 3. The van der Waals surface area contributed by atoms with Crippen LogP contribution in [0.15, 0.2) is 36.9 Å². The summed E-state index contributed by atoms with van der Waals surface area (Å²) in [6.45, 7) is 5.88. The van der Waals surface area contributed by atoms with Crippen LogP contribution in [0.1, 0.15) is 62.6 Å². The lowest BCUT2D eigenvalue weighted by atomic mass is 9.94. The summed E-state index contributed by atoms with van der Waals surface area (Å²) in [5.41, 5.74) is 10.6. The molecule has 3 aromatic rings. The highest BCUT2D eigenvalue weighted by Gasteiger charge is 2.56. The maximum atomic E-state index is 6.73. The van der Waals surface area contributed by atoms with Gasteiger partial charge in [0.15, 0.2) is 17.7 Å². The number of rotatable bonds is 2. The van der Waals surface area contributed by atoms with E-state index in [2.05, 4.69) is 26.8 Å². The van der Waals surface area contributed by atoms with Crippen molar-refractivity contribution in [2.24, 2.45) is 5.73 Å². The molecule has 4 heterocycles. The van der Waals surface area contributed by atoms with Gasteiger partial charge in [-0.2, -0.15) is 0 Å². The van der Waals surface area contributed by atoms with Gasteiger partial charge in [-0.25, -0.2) is 15.0 Å². The highest BCUT2D eigenvalue weighted by molar-refractivity contribution is 5.74. The van der Waals surface area contributed by atoms with Crippen molar-refractivity contribution in [1.29, 1.82) is 0 Å². The van der Waals surface area contributed by atoms with Crippen LogP contribution in [0.4, 0.5) is 0 Å². The fraction of sp³-hybridized carbons (Fsp3) is 0.500. The summed E-state index contributed by atoms with van der Waals surface area (Å²) in [4.78, 5) is 13.8. The zero-order valence-electron chi connectivity index (χ0n) is 19.7. The van der Waals surface area contributed by atoms with E-state index in [1.807, 2.05) is 49.6 Å². The number of imidazole rings is 1. The first-order valence-electron chi connectivity index (χ1n) is 11.9. The molecule has 2 aliphatic heterocycles.